The number of amides is 1. The van der Waals surface area contributed by atoms with Gasteiger partial charge in [-0.2, -0.15) is 8.78 Å². The highest BCUT2D eigenvalue weighted by Gasteiger charge is 2.48. The van der Waals surface area contributed by atoms with Crippen molar-refractivity contribution in [2.75, 3.05) is 0 Å². The first-order valence-electron chi connectivity index (χ1n) is 12.3. The molecule has 4 aromatic rings. The standard InChI is InChI=1S/C26H21B3F2N6O2/c1-25(2,32)23-33-10-13(11-34-23)12-6-7-15-16(8-12)36-17-9-18(21(36)35-15)37(26(27,28)29)22(38)14-4-3-5-19(20(14)17)39-24(30)31/h3-8,10-11,17-18,24H,9,32H2,1-2H3/t17-,18-/m1/s1. The normalized spacial score (nSPS) is 18.8. The summed E-state index contributed by atoms with van der Waals surface area (Å²) >= 11 is 0. The number of rotatable bonds is 5. The van der Waals surface area contributed by atoms with E-state index < -0.39 is 35.4 Å². The summed E-state index contributed by atoms with van der Waals surface area (Å²) in [5.41, 5.74) is 8.74. The lowest BCUT2D eigenvalue weighted by molar-refractivity contribution is -0.0507. The van der Waals surface area contributed by atoms with Gasteiger partial charge in [-0.15, -0.1) is 0 Å². The number of benzene rings is 2. The van der Waals surface area contributed by atoms with Crippen LogP contribution in [-0.2, 0) is 5.54 Å². The molecular formula is C26H21B3F2N6O2. The molecule has 2 atom stereocenters. The summed E-state index contributed by atoms with van der Waals surface area (Å²) < 4.78 is 33.6. The average molecular weight is 520 g/mol. The van der Waals surface area contributed by atoms with Gasteiger partial charge in [0.15, 0.2) is 0 Å². The molecule has 13 heteroatoms. The van der Waals surface area contributed by atoms with Crippen molar-refractivity contribution in [3.63, 3.8) is 0 Å². The molecule has 6 radical (unpaired) electrons. The van der Waals surface area contributed by atoms with Gasteiger partial charge in [0.25, 0.3) is 5.91 Å². The first-order valence-corrected chi connectivity index (χ1v) is 12.3. The molecule has 2 bridgehead atoms. The zero-order chi connectivity index (χ0) is 27.9. The lowest BCUT2D eigenvalue weighted by Gasteiger charge is -2.41. The molecule has 2 aromatic heterocycles. The first-order chi connectivity index (χ1) is 18.3. The van der Waals surface area contributed by atoms with Crippen LogP contribution >= 0.6 is 0 Å². The van der Waals surface area contributed by atoms with E-state index in [9.17, 15) is 13.6 Å². The van der Waals surface area contributed by atoms with E-state index in [1.54, 1.807) is 12.4 Å². The first kappa shape index (κ1) is 25.5. The van der Waals surface area contributed by atoms with Crippen LogP contribution < -0.4 is 10.5 Å². The van der Waals surface area contributed by atoms with Gasteiger partial charge >= 0.3 is 6.61 Å². The zero-order valence-corrected chi connectivity index (χ0v) is 21.2. The molecule has 1 amide bonds. The molecule has 39 heavy (non-hydrogen) atoms. The summed E-state index contributed by atoms with van der Waals surface area (Å²) in [6.07, 6.45) is 3.65. The third kappa shape index (κ3) is 4.10. The number of hydrogen-bond donors (Lipinski definition) is 1. The van der Waals surface area contributed by atoms with E-state index in [2.05, 4.69) is 9.97 Å². The Morgan fingerprint density at radius 3 is 2.44 bits per heavy atom. The number of fused-ring (bicyclic) bond motifs is 9. The molecule has 0 saturated carbocycles. The summed E-state index contributed by atoms with van der Waals surface area (Å²) in [7, 11) is 18.2. The third-order valence-electron chi connectivity index (χ3n) is 7.13. The second-order valence-corrected chi connectivity index (χ2v) is 10.5. The van der Waals surface area contributed by atoms with Crippen LogP contribution in [-0.4, -0.2) is 65.7 Å². The van der Waals surface area contributed by atoms with Crippen LogP contribution in [0.4, 0.5) is 8.78 Å². The molecule has 2 aliphatic heterocycles. The van der Waals surface area contributed by atoms with Gasteiger partial charge in [0, 0.05) is 35.5 Å². The SMILES string of the molecule is [B]C([B])([B])N1C(=O)c2cccc(OC(F)F)c2[C@H]2C[C@@H]1c1nc3ccc(-c4cnc(C(C)(C)N)nc4)cc3n12. The van der Waals surface area contributed by atoms with Gasteiger partial charge in [-0.1, -0.05) is 17.4 Å². The highest BCUT2D eigenvalue weighted by Crippen LogP contribution is 2.51. The number of imidazole rings is 1. The van der Waals surface area contributed by atoms with Gasteiger partial charge in [0.2, 0.25) is 0 Å². The summed E-state index contributed by atoms with van der Waals surface area (Å²) in [5, 5.41) is -2.04. The fourth-order valence-electron chi connectivity index (χ4n) is 5.54. The number of carbonyl (C=O) groups is 1. The fraction of sp³-hybridized carbons (Fsp3) is 0.308. The van der Waals surface area contributed by atoms with Crippen molar-refractivity contribution in [1.29, 1.82) is 0 Å². The van der Waals surface area contributed by atoms with E-state index in [1.807, 2.05) is 36.6 Å². The topological polar surface area (TPSA) is 99.2 Å². The third-order valence-corrected chi connectivity index (χ3v) is 7.13. The molecular weight excluding hydrogens is 499 g/mol. The van der Waals surface area contributed by atoms with Gasteiger partial charge in [0.05, 0.1) is 52.2 Å². The van der Waals surface area contributed by atoms with Crippen LogP contribution in [0.5, 0.6) is 5.75 Å². The van der Waals surface area contributed by atoms with Crippen molar-refractivity contribution in [2.45, 2.75) is 49.7 Å². The molecule has 6 rings (SSSR count). The van der Waals surface area contributed by atoms with Crippen LogP contribution in [0.1, 0.15) is 59.9 Å². The Hall–Kier alpha value is -3.73. The average Bonchev–Trinajstić information content (AvgIpc) is 3.35. The molecule has 0 aliphatic carbocycles. The van der Waals surface area contributed by atoms with Crippen LogP contribution in [0.15, 0.2) is 48.8 Å². The largest absolute Gasteiger partial charge is 0.434 e. The van der Waals surface area contributed by atoms with Crippen molar-refractivity contribution in [3.8, 4) is 16.9 Å². The van der Waals surface area contributed by atoms with Gasteiger partial charge < -0.3 is 19.9 Å². The minimum atomic E-state index is -3.09. The zero-order valence-electron chi connectivity index (χ0n) is 21.2. The summed E-state index contributed by atoms with van der Waals surface area (Å²) in [4.78, 5) is 28.4. The molecule has 2 aromatic carbocycles. The van der Waals surface area contributed by atoms with Gasteiger partial charge in [-0.25, -0.2) is 15.0 Å². The number of hydrogen-bond acceptors (Lipinski definition) is 6. The lowest BCUT2D eigenvalue weighted by atomic mass is 9.48. The molecule has 2 aliphatic rings. The van der Waals surface area contributed by atoms with E-state index >= 15 is 0 Å². The van der Waals surface area contributed by atoms with Gasteiger partial charge in [0.1, 0.15) is 17.4 Å². The summed E-state index contributed by atoms with van der Waals surface area (Å²) in [5.74, 6) is 0.283. The quantitative estimate of drug-likeness (QED) is 0.407. The van der Waals surface area contributed by atoms with E-state index in [0.29, 0.717) is 28.2 Å². The summed E-state index contributed by atoms with van der Waals surface area (Å²) in [6, 6.07) is 8.73. The number of carbonyl (C=O) groups excluding carboxylic acids is 1. The number of nitrogens with zero attached hydrogens (tertiary/aromatic N) is 5. The minimum absolute atomic E-state index is 0.114. The Morgan fingerprint density at radius 1 is 1.08 bits per heavy atom. The van der Waals surface area contributed by atoms with Gasteiger partial charge in [-0.3, -0.25) is 4.79 Å². The molecule has 4 heterocycles. The van der Waals surface area contributed by atoms with Crippen LogP contribution in [0, 0.1) is 0 Å². The van der Waals surface area contributed by atoms with Crippen molar-refractivity contribution in [3.05, 3.63) is 71.6 Å². The van der Waals surface area contributed by atoms with E-state index in [4.69, 9.17) is 39.0 Å². The predicted octanol–water partition coefficient (Wildman–Crippen LogP) is 2.90. The second-order valence-electron chi connectivity index (χ2n) is 10.5. The predicted molar refractivity (Wildman–Crippen MR) is 143 cm³/mol. The number of nitrogens with two attached hydrogens (primary N) is 1. The van der Waals surface area contributed by atoms with Crippen LogP contribution in [0.2, 0.25) is 0 Å². The highest BCUT2D eigenvalue weighted by molar-refractivity contribution is 6.60. The molecule has 0 fully saturated rings. The Labute approximate surface area is 227 Å². The monoisotopic (exact) mass is 520 g/mol. The van der Waals surface area contributed by atoms with Gasteiger partial charge in [-0.05, 0) is 43.7 Å². The van der Waals surface area contributed by atoms with E-state index in [-0.39, 0.29) is 17.7 Å². The van der Waals surface area contributed by atoms with Crippen molar-refractivity contribution in [1.82, 2.24) is 24.4 Å². The molecule has 0 saturated heterocycles. The molecule has 0 unspecified atom stereocenters. The van der Waals surface area contributed by atoms with Crippen LogP contribution in [0.25, 0.3) is 22.2 Å². The number of aromatic nitrogens is 4. The van der Waals surface area contributed by atoms with Crippen molar-refractivity contribution >= 4 is 40.5 Å². The Kier molecular flexibility index (Phi) is 5.66. The lowest BCUT2D eigenvalue weighted by Crippen LogP contribution is -2.54. The molecule has 2 N–H and O–H groups in total. The fourth-order valence-corrected chi connectivity index (χ4v) is 5.54. The Balaban J connectivity index is 1.56. The molecule has 8 nitrogen and oxygen atoms in total. The maximum Gasteiger partial charge on any atom is 0.387 e. The molecule has 190 valence electrons. The minimum Gasteiger partial charge on any atom is -0.434 e. The number of halogens is 2. The Bertz CT molecular complexity index is 1620. The summed E-state index contributed by atoms with van der Waals surface area (Å²) in [6.45, 7) is 0.551. The maximum atomic E-state index is 13.7. The number of alkyl halides is 2. The van der Waals surface area contributed by atoms with Crippen molar-refractivity contribution in [2.24, 2.45) is 5.73 Å². The van der Waals surface area contributed by atoms with Crippen molar-refractivity contribution < 1.29 is 18.3 Å². The van der Waals surface area contributed by atoms with Crippen LogP contribution in [0.3, 0.4) is 0 Å². The highest BCUT2D eigenvalue weighted by atomic mass is 19.3. The van der Waals surface area contributed by atoms with E-state index in [0.717, 1.165) is 16.0 Å². The maximum absolute atomic E-state index is 13.7. The Morgan fingerprint density at radius 2 is 1.79 bits per heavy atom. The van der Waals surface area contributed by atoms with E-state index in [1.165, 1.54) is 18.2 Å². The number of ether oxygens (including phenoxy) is 1. The smallest absolute Gasteiger partial charge is 0.387 e. The molecule has 0 spiro atoms. The second kappa shape index (κ2) is 8.64.